The van der Waals surface area contributed by atoms with Crippen molar-refractivity contribution in [1.82, 2.24) is 9.97 Å². The van der Waals surface area contributed by atoms with Crippen molar-refractivity contribution in [3.05, 3.63) is 58.4 Å². The Balaban J connectivity index is 1.89. The minimum atomic E-state index is -0.229. The molecule has 0 atom stereocenters. The first-order chi connectivity index (χ1) is 12.5. The van der Waals surface area contributed by atoms with Crippen molar-refractivity contribution in [1.29, 1.82) is 0 Å². The van der Waals surface area contributed by atoms with Crippen molar-refractivity contribution in [2.75, 3.05) is 12.4 Å². The first-order valence-corrected chi connectivity index (χ1v) is 8.88. The van der Waals surface area contributed by atoms with Crippen LogP contribution in [0.5, 0.6) is 5.75 Å². The molecule has 134 valence electrons. The molecule has 26 heavy (non-hydrogen) atoms. The van der Waals surface area contributed by atoms with Crippen molar-refractivity contribution in [3.8, 4) is 5.75 Å². The molecule has 0 radical (unpaired) electrons. The number of nitrogens with zero attached hydrogens (tertiary/aromatic N) is 2. The molecule has 0 saturated heterocycles. The van der Waals surface area contributed by atoms with E-state index in [4.69, 9.17) is 16.3 Å². The molecule has 1 N–H and O–H groups in total. The second-order valence-corrected chi connectivity index (χ2v) is 6.24. The maximum absolute atomic E-state index is 12.6. The number of aromatic nitrogens is 2. The number of fused-ring (bicyclic) bond motifs is 1. The lowest BCUT2D eigenvalue weighted by Crippen LogP contribution is -2.12. The van der Waals surface area contributed by atoms with Gasteiger partial charge < -0.3 is 10.1 Å². The van der Waals surface area contributed by atoms with Crippen molar-refractivity contribution in [2.24, 2.45) is 0 Å². The highest BCUT2D eigenvalue weighted by atomic mass is 35.5. The molecule has 1 aromatic heterocycles. The highest BCUT2D eigenvalue weighted by Gasteiger charge is 2.11. The van der Waals surface area contributed by atoms with Gasteiger partial charge in [-0.05, 0) is 49.2 Å². The first-order valence-electron chi connectivity index (χ1n) is 8.50. The predicted octanol–water partition coefficient (Wildman–Crippen LogP) is 4.67. The summed E-state index contributed by atoms with van der Waals surface area (Å²) in [7, 11) is 1.55. The van der Waals surface area contributed by atoms with E-state index in [1.165, 1.54) is 0 Å². The number of amides is 1. The van der Waals surface area contributed by atoms with Crippen molar-refractivity contribution in [3.63, 3.8) is 0 Å². The fraction of sp³-hybridized carbons (Fsp3) is 0.250. The number of aryl methyl sites for hydroxylation is 2. The highest BCUT2D eigenvalue weighted by molar-refractivity contribution is 6.32. The Morgan fingerprint density at radius 1 is 1.04 bits per heavy atom. The van der Waals surface area contributed by atoms with Crippen LogP contribution in [0.15, 0.2) is 36.4 Å². The summed E-state index contributed by atoms with van der Waals surface area (Å²) in [6.45, 7) is 4.12. The molecule has 0 fully saturated rings. The Kier molecular flexibility index (Phi) is 5.38. The SMILES string of the molecule is CCc1nc2ccc(C(=O)Nc3ccc(OC)c(Cl)c3)cc2nc1CC. The summed E-state index contributed by atoms with van der Waals surface area (Å²) in [5.74, 6) is 0.331. The van der Waals surface area contributed by atoms with E-state index >= 15 is 0 Å². The molecule has 0 aliphatic heterocycles. The van der Waals surface area contributed by atoms with E-state index in [2.05, 4.69) is 29.1 Å². The summed E-state index contributed by atoms with van der Waals surface area (Å²) in [4.78, 5) is 21.9. The molecule has 0 unspecified atom stereocenters. The second kappa shape index (κ2) is 7.70. The van der Waals surface area contributed by atoms with Gasteiger partial charge in [-0.15, -0.1) is 0 Å². The number of halogens is 1. The van der Waals surface area contributed by atoms with Crippen LogP contribution in [0.3, 0.4) is 0 Å². The normalized spacial score (nSPS) is 10.8. The number of anilines is 1. The van der Waals surface area contributed by atoms with E-state index in [1.807, 2.05) is 6.07 Å². The minimum absolute atomic E-state index is 0.229. The fourth-order valence-electron chi connectivity index (χ4n) is 2.78. The van der Waals surface area contributed by atoms with Gasteiger partial charge in [0.05, 0.1) is 34.6 Å². The molecule has 0 saturated carbocycles. The van der Waals surface area contributed by atoms with Gasteiger partial charge in [-0.2, -0.15) is 0 Å². The number of carbonyl (C=O) groups is 1. The van der Waals surface area contributed by atoms with Gasteiger partial charge in [-0.25, -0.2) is 9.97 Å². The van der Waals surface area contributed by atoms with Gasteiger partial charge in [0.1, 0.15) is 5.75 Å². The fourth-order valence-corrected chi connectivity index (χ4v) is 3.04. The number of carbonyl (C=O) groups excluding carboxylic acids is 1. The van der Waals surface area contributed by atoms with E-state index in [1.54, 1.807) is 37.4 Å². The number of rotatable bonds is 5. The maximum Gasteiger partial charge on any atom is 0.255 e. The molecule has 3 rings (SSSR count). The van der Waals surface area contributed by atoms with Gasteiger partial charge in [0, 0.05) is 11.3 Å². The van der Waals surface area contributed by atoms with Crippen LogP contribution in [-0.4, -0.2) is 23.0 Å². The second-order valence-electron chi connectivity index (χ2n) is 5.83. The van der Waals surface area contributed by atoms with Crippen LogP contribution in [0.25, 0.3) is 11.0 Å². The number of benzene rings is 2. The van der Waals surface area contributed by atoms with Gasteiger partial charge >= 0.3 is 0 Å². The van der Waals surface area contributed by atoms with Gasteiger partial charge in [0.15, 0.2) is 0 Å². The third kappa shape index (κ3) is 3.63. The Morgan fingerprint density at radius 3 is 2.35 bits per heavy atom. The van der Waals surface area contributed by atoms with Gasteiger partial charge in [-0.1, -0.05) is 25.4 Å². The summed E-state index contributed by atoms with van der Waals surface area (Å²) >= 11 is 6.10. The average Bonchev–Trinajstić information content (AvgIpc) is 2.66. The topological polar surface area (TPSA) is 64.1 Å². The van der Waals surface area contributed by atoms with E-state index < -0.39 is 0 Å². The number of ether oxygens (including phenoxy) is 1. The first kappa shape index (κ1) is 18.1. The lowest BCUT2D eigenvalue weighted by molar-refractivity contribution is 0.102. The van der Waals surface area contributed by atoms with Crippen molar-refractivity contribution < 1.29 is 9.53 Å². The summed E-state index contributed by atoms with van der Waals surface area (Å²) < 4.78 is 5.12. The largest absolute Gasteiger partial charge is 0.495 e. The predicted molar refractivity (Wildman–Crippen MR) is 104 cm³/mol. The Labute approximate surface area is 157 Å². The quantitative estimate of drug-likeness (QED) is 0.709. The zero-order valence-corrected chi connectivity index (χ0v) is 15.7. The van der Waals surface area contributed by atoms with Crippen LogP contribution in [0, 0.1) is 0 Å². The van der Waals surface area contributed by atoms with Crippen molar-refractivity contribution >= 4 is 34.2 Å². The van der Waals surface area contributed by atoms with E-state index in [0.717, 1.165) is 35.3 Å². The van der Waals surface area contributed by atoms with Crippen LogP contribution < -0.4 is 10.1 Å². The van der Waals surface area contributed by atoms with Crippen LogP contribution in [0.1, 0.15) is 35.6 Å². The number of methoxy groups -OCH3 is 1. The molecule has 5 nitrogen and oxygen atoms in total. The zero-order valence-electron chi connectivity index (χ0n) is 15.0. The Morgan fingerprint density at radius 2 is 1.73 bits per heavy atom. The summed E-state index contributed by atoms with van der Waals surface area (Å²) in [5, 5.41) is 3.28. The molecule has 0 aliphatic carbocycles. The molecule has 1 amide bonds. The number of nitrogens with one attached hydrogen (secondary N) is 1. The molecular weight excluding hydrogens is 350 g/mol. The summed E-state index contributed by atoms with van der Waals surface area (Å²) in [6.07, 6.45) is 1.65. The minimum Gasteiger partial charge on any atom is -0.495 e. The smallest absolute Gasteiger partial charge is 0.255 e. The number of hydrogen-bond acceptors (Lipinski definition) is 4. The third-order valence-electron chi connectivity index (χ3n) is 4.16. The molecule has 6 heteroatoms. The lowest BCUT2D eigenvalue weighted by Gasteiger charge is -2.10. The average molecular weight is 370 g/mol. The molecule has 3 aromatic rings. The van der Waals surface area contributed by atoms with Crippen LogP contribution in [-0.2, 0) is 12.8 Å². The molecule has 0 spiro atoms. The molecule has 0 aliphatic rings. The number of hydrogen-bond donors (Lipinski definition) is 1. The Bertz CT molecular complexity index is 973. The highest BCUT2D eigenvalue weighted by Crippen LogP contribution is 2.27. The monoisotopic (exact) mass is 369 g/mol. The van der Waals surface area contributed by atoms with Gasteiger partial charge in [0.2, 0.25) is 0 Å². The standard InChI is InChI=1S/C20H20ClN3O2/c1-4-15-16(5-2)24-18-10-12(6-8-17(18)23-15)20(25)22-13-7-9-19(26-3)14(21)11-13/h6-11H,4-5H2,1-3H3,(H,22,25). The zero-order chi connectivity index (χ0) is 18.7. The summed E-state index contributed by atoms with van der Waals surface area (Å²) in [5.41, 5.74) is 4.61. The van der Waals surface area contributed by atoms with E-state index in [-0.39, 0.29) is 5.91 Å². The maximum atomic E-state index is 12.6. The molecule has 0 bridgehead atoms. The molecular formula is C20H20ClN3O2. The summed E-state index contributed by atoms with van der Waals surface area (Å²) in [6, 6.07) is 10.5. The lowest BCUT2D eigenvalue weighted by atomic mass is 10.1. The van der Waals surface area contributed by atoms with Crippen LogP contribution >= 0.6 is 11.6 Å². The molecule has 2 aromatic carbocycles. The van der Waals surface area contributed by atoms with Gasteiger partial charge in [0.25, 0.3) is 5.91 Å². The van der Waals surface area contributed by atoms with Gasteiger partial charge in [-0.3, -0.25) is 4.79 Å². The van der Waals surface area contributed by atoms with Crippen LogP contribution in [0.2, 0.25) is 5.02 Å². The van der Waals surface area contributed by atoms with E-state index in [9.17, 15) is 4.79 Å². The Hall–Kier alpha value is -2.66. The third-order valence-corrected chi connectivity index (χ3v) is 4.46. The molecule has 1 heterocycles. The van der Waals surface area contributed by atoms with E-state index in [0.29, 0.717) is 22.0 Å². The van der Waals surface area contributed by atoms with Crippen LogP contribution in [0.4, 0.5) is 5.69 Å². The van der Waals surface area contributed by atoms with Crippen molar-refractivity contribution in [2.45, 2.75) is 26.7 Å².